The lowest BCUT2D eigenvalue weighted by Crippen LogP contribution is -2.46. The minimum atomic E-state index is -3.17. The van der Waals surface area contributed by atoms with Crippen molar-refractivity contribution in [3.05, 3.63) is 63.1 Å². The maximum Gasteiger partial charge on any atom is 0.263 e. The van der Waals surface area contributed by atoms with Crippen LogP contribution in [0, 0.1) is 0 Å². The van der Waals surface area contributed by atoms with E-state index < -0.39 is 22.0 Å². The molecule has 0 spiro atoms. The zero-order valence-corrected chi connectivity index (χ0v) is 18.7. The van der Waals surface area contributed by atoms with Gasteiger partial charge in [0.15, 0.2) is 15.9 Å². The summed E-state index contributed by atoms with van der Waals surface area (Å²) in [5.74, 6) is 0.0138. The molecule has 0 bridgehead atoms. The van der Waals surface area contributed by atoms with Crippen LogP contribution in [0.3, 0.4) is 0 Å². The van der Waals surface area contributed by atoms with Gasteiger partial charge < -0.3 is 9.64 Å². The van der Waals surface area contributed by atoms with Gasteiger partial charge in [-0.05, 0) is 49.2 Å². The first-order valence-corrected chi connectivity index (χ1v) is 12.0. The molecule has 2 aromatic carbocycles. The Labute approximate surface area is 185 Å². The van der Waals surface area contributed by atoms with Crippen molar-refractivity contribution in [3.63, 3.8) is 0 Å². The van der Waals surface area contributed by atoms with E-state index in [4.69, 9.17) is 39.5 Å². The molecule has 2 atom stereocenters. The molecule has 3 rings (SSSR count). The fourth-order valence-corrected chi connectivity index (χ4v) is 5.68. The molecular weight excluding hydrogens is 457 g/mol. The number of ether oxygens (including phenoxy) is 1. The fraction of sp³-hybridized carbons (Fsp3) is 0.350. The average molecular weight is 477 g/mol. The summed E-state index contributed by atoms with van der Waals surface area (Å²) in [6, 6.07) is 11.5. The number of hydrogen-bond acceptors (Lipinski definition) is 4. The Balaban J connectivity index is 1.82. The summed E-state index contributed by atoms with van der Waals surface area (Å²) in [6.45, 7) is 1.85. The van der Waals surface area contributed by atoms with Crippen molar-refractivity contribution < 1.29 is 17.9 Å². The number of rotatable bonds is 6. The van der Waals surface area contributed by atoms with Gasteiger partial charge in [0.05, 0.1) is 16.5 Å². The van der Waals surface area contributed by atoms with Crippen LogP contribution in [0.1, 0.15) is 18.9 Å². The Kier molecular flexibility index (Phi) is 6.99. The van der Waals surface area contributed by atoms with Crippen molar-refractivity contribution in [2.75, 3.05) is 11.5 Å². The molecule has 1 saturated heterocycles. The van der Waals surface area contributed by atoms with Crippen molar-refractivity contribution in [1.82, 2.24) is 4.90 Å². The quantitative estimate of drug-likeness (QED) is 0.610. The van der Waals surface area contributed by atoms with Crippen molar-refractivity contribution in [3.8, 4) is 5.75 Å². The third kappa shape index (κ3) is 5.79. The second kappa shape index (κ2) is 9.13. The molecule has 5 nitrogen and oxygen atoms in total. The summed E-state index contributed by atoms with van der Waals surface area (Å²) in [5, 5.41) is 1.30. The van der Waals surface area contributed by atoms with Gasteiger partial charge in [0.2, 0.25) is 0 Å². The van der Waals surface area contributed by atoms with Gasteiger partial charge >= 0.3 is 0 Å². The Morgan fingerprint density at radius 2 is 1.90 bits per heavy atom. The predicted molar refractivity (Wildman–Crippen MR) is 116 cm³/mol. The van der Waals surface area contributed by atoms with Gasteiger partial charge in [-0.3, -0.25) is 4.79 Å². The molecule has 0 aromatic heterocycles. The van der Waals surface area contributed by atoms with Crippen LogP contribution in [0.2, 0.25) is 15.1 Å². The van der Waals surface area contributed by atoms with E-state index in [1.54, 1.807) is 42.2 Å². The zero-order chi connectivity index (χ0) is 21.2. The molecule has 1 aliphatic rings. The van der Waals surface area contributed by atoms with Crippen LogP contribution in [0.15, 0.2) is 42.5 Å². The second-order valence-corrected chi connectivity index (χ2v) is 10.5. The maximum absolute atomic E-state index is 13.2. The molecule has 2 unspecified atom stereocenters. The van der Waals surface area contributed by atoms with Crippen molar-refractivity contribution in [2.45, 2.75) is 32.0 Å². The third-order valence-electron chi connectivity index (χ3n) is 4.72. The van der Waals surface area contributed by atoms with Crippen molar-refractivity contribution >= 4 is 50.5 Å². The van der Waals surface area contributed by atoms with E-state index in [1.165, 1.54) is 6.07 Å². The smallest absolute Gasteiger partial charge is 0.263 e. The standard InChI is InChI=1S/C20H20Cl3NO4S/c1-13(28-19-6-5-16(22)10-18(19)23)20(25)24(17-7-8-29(26,27)12-17)11-14-3-2-4-15(21)9-14/h2-6,9-10,13,17H,7-8,11-12H2,1H3. The van der Waals surface area contributed by atoms with Crippen molar-refractivity contribution in [1.29, 1.82) is 0 Å². The summed E-state index contributed by atoms with van der Waals surface area (Å²) in [4.78, 5) is 14.8. The number of benzene rings is 2. The van der Waals surface area contributed by atoms with Crippen LogP contribution in [-0.4, -0.2) is 42.9 Å². The van der Waals surface area contributed by atoms with E-state index in [2.05, 4.69) is 0 Å². The van der Waals surface area contributed by atoms with Crippen LogP contribution >= 0.6 is 34.8 Å². The number of halogens is 3. The molecule has 0 radical (unpaired) electrons. The Bertz CT molecular complexity index is 1010. The molecular formula is C20H20Cl3NO4S. The van der Waals surface area contributed by atoms with Crippen molar-refractivity contribution in [2.24, 2.45) is 0 Å². The van der Waals surface area contributed by atoms with E-state index in [-0.39, 0.29) is 24.0 Å². The van der Waals surface area contributed by atoms with E-state index in [9.17, 15) is 13.2 Å². The second-order valence-electron chi connectivity index (χ2n) is 6.99. The lowest BCUT2D eigenvalue weighted by Gasteiger charge is -2.31. The van der Waals surface area contributed by atoms with Gasteiger partial charge in [-0.1, -0.05) is 46.9 Å². The van der Waals surface area contributed by atoms with E-state index >= 15 is 0 Å². The first-order chi connectivity index (χ1) is 13.6. The minimum absolute atomic E-state index is 0.0618. The minimum Gasteiger partial charge on any atom is -0.479 e. The highest BCUT2D eigenvalue weighted by atomic mass is 35.5. The molecule has 2 aromatic rings. The SMILES string of the molecule is CC(Oc1ccc(Cl)cc1Cl)C(=O)N(Cc1cccc(Cl)c1)C1CCS(=O)(=O)C1. The lowest BCUT2D eigenvalue weighted by atomic mass is 10.1. The van der Waals surface area contributed by atoms with Crippen LogP contribution in [0.5, 0.6) is 5.75 Å². The largest absolute Gasteiger partial charge is 0.479 e. The van der Waals surface area contributed by atoms with Gasteiger partial charge in [-0.25, -0.2) is 8.42 Å². The van der Waals surface area contributed by atoms with E-state index in [0.29, 0.717) is 27.2 Å². The number of carbonyl (C=O) groups is 1. The summed E-state index contributed by atoms with van der Waals surface area (Å²) >= 11 is 18.1. The molecule has 9 heteroatoms. The fourth-order valence-electron chi connectivity index (χ4n) is 3.29. The number of amides is 1. The first-order valence-electron chi connectivity index (χ1n) is 9.02. The predicted octanol–water partition coefficient (Wildman–Crippen LogP) is 4.63. The lowest BCUT2D eigenvalue weighted by molar-refractivity contribution is -0.140. The highest BCUT2D eigenvalue weighted by molar-refractivity contribution is 7.91. The maximum atomic E-state index is 13.2. The normalized spacial score (nSPS) is 19.0. The van der Waals surface area contributed by atoms with Crippen LogP contribution < -0.4 is 4.74 Å². The van der Waals surface area contributed by atoms with Gasteiger partial charge in [0.25, 0.3) is 5.91 Å². The number of carbonyl (C=O) groups excluding carboxylic acids is 1. The molecule has 29 heavy (non-hydrogen) atoms. The molecule has 1 amide bonds. The molecule has 0 N–H and O–H groups in total. The van der Waals surface area contributed by atoms with Crippen LogP contribution in [-0.2, 0) is 21.2 Å². The van der Waals surface area contributed by atoms with E-state index in [1.807, 2.05) is 6.07 Å². The van der Waals surface area contributed by atoms with Gasteiger partial charge in [-0.15, -0.1) is 0 Å². The Hall–Kier alpha value is -1.47. The Morgan fingerprint density at radius 1 is 1.17 bits per heavy atom. The zero-order valence-electron chi connectivity index (χ0n) is 15.6. The monoisotopic (exact) mass is 475 g/mol. The average Bonchev–Trinajstić information content (AvgIpc) is 3.01. The summed E-state index contributed by atoms with van der Waals surface area (Å²) in [7, 11) is -3.17. The van der Waals surface area contributed by atoms with Crippen LogP contribution in [0.25, 0.3) is 0 Å². The van der Waals surface area contributed by atoms with Gasteiger partial charge in [0, 0.05) is 22.6 Å². The van der Waals surface area contributed by atoms with Gasteiger partial charge in [0.1, 0.15) is 5.75 Å². The highest BCUT2D eigenvalue weighted by Gasteiger charge is 2.36. The molecule has 1 heterocycles. The van der Waals surface area contributed by atoms with Gasteiger partial charge in [-0.2, -0.15) is 0 Å². The number of nitrogens with zero attached hydrogens (tertiary/aromatic N) is 1. The number of sulfone groups is 1. The highest BCUT2D eigenvalue weighted by Crippen LogP contribution is 2.29. The molecule has 1 aliphatic heterocycles. The first kappa shape index (κ1) is 22.2. The summed E-state index contributed by atoms with van der Waals surface area (Å²) in [6.07, 6.45) is -0.473. The summed E-state index contributed by atoms with van der Waals surface area (Å²) in [5.41, 5.74) is 0.812. The topological polar surface area (TPSA) is 63.7 Å². The number of hydrogen-bond donors (Lipinski definition) is 0. The molecule has 1 fully saturated rings. The molecule has 156 valence electrons. The molecule has 0 saturated carbocycles. The molecule has 0 aliphatic carbocycles. The van der Waals surface area contributed by atoms with E-state index in [0.717, 1.165) is 5.56 Å². The third-order valence-corrected chi connectivity index (χ3v) is 7.24. The summed E-state index contributed by atoms with van der Waals surface area (Å²) < 4.78 is 29.7. The Morgan fingerprint density at radius 3 is 2.52 bits per heavy atom. The van der Waals surface area contributed by atoms with Crippen LogP contribution in [0.4, 0.5) is 0 Å².